The van der Waals surface area contributed by atoms with E-state index in [1.54, 1.807) is 11.3 Å². The molecule has 30 heavy (non-hydrogen) atoms. The van der Waals surface area contributed by atoms with Crippen LogP contribution in [0.25, 0.3) is 11.1 Å². The molecule has 3 aromatic rings. The summed E-state index contributed by atoms with van der Waals surface area (Å²) in [6.07, 6.45) is 6.60. The van der Waals surface area contributed by atoms with Crippen molar-refractivity contribution in [3.05, 3.63) is 58.5 Å². The standard InChI is InChI=1S/C23H25N3O3S/c1-26(23-24-13-19(14-25-23)18-7-10-30-15-18)8-2-9-29-20-5-6-21-16(11-20)3-4-17(21)12-22(27)28/h5-7,10-11,13-15,17H,2-4,8-9,12H2,1H3,(H,27,28)/t17-/m0/s1. The van der Waals surface area contributed by atoms with Gasteiger partial charge in [0.1, 0.15) is 5.75 Å². The van der Waals surface area contributed by atoms with E-state index in [0.29, 0.717) is 12.6 Å². The van der Waals surface area contributed by atoms with Gasteiger partial charge in [-0.25, -0.2) is 9.97 Å². The highest BCUT2D eigenvalue weighted by atomic mass is 32.1. The maximum atomic E-state index is 11.0. The first kappa shape index (κ1) is 20.3. The van der Waals surface area contributed by atoms with Crippen LogP contribution in [0.4, 0.5) is 5.95 Å². The van der Waals surface area contributed by atoms with Crippen LogP contribution < -0.4 is 9.64 Å². The normalized spacial score (nSPS) is 15.0. The lowest BCUT2D eigenvalue weighted by atomic mass is 9.98. The van der Waals surface area contributed by atoms with E-state index in [4.69, 9.17) is 9.84 Å². The van der Waals surface area contributed by atoms with Gasteiger partial charge < -0.3 is 14.7 Å². The fourth-order valence-corrected chi connectivity index (χ4v) is 4.55. The molecule has 0 radical (unpaired) electrons. The van der Waals surface area contributed by atoms with Crippen LogP contribution in [-0.4, -0.2) is 41.2 Å². The van der Waals surface area contributed by atoms with Crippen LogP contribution in [0.2, 0.25) is 0 Å². The van der Waals surface area contributed by atoms with Crippen molar-refractivity contribution in [3.8, 4) is 16.9 Å². The van der Waals surface area contributed by atoms with Crippen molar-refractivity contribution in [2.24, 2.45) is 0 Å². The maximum absolute atomic E-state index is 11.0. The lowest BCUT2D eigenvalue weighted by Crippen LogP contribution is -2.22. The molecule has 0 fully saturated rings. The number of fused-ring (bicyclic) bond motifs is 1. The third kappa shape index (κ3) is 4.79. The zero-order chi connectivity index (χ0) is 20.9. The molecular formula is C23H25N3O3S. The van der Waals surface area contributed by atoms with E-state index in [-0.39, 0.29) is 12.3 Å². The van der Waals surface area contributed by atoms with E-state index in [2.05, 4.69) is 27.5 Å². The van der Waals surface area contributed by atoms with Crippen LogP contribution in [0.3, 0.4) is 0 Å². The summed E-state index contributed by atoms with van der Waals surface area (Å²) < 4.78 is 5.92. The minimum atomic E-state index is -0.734. The Hall–Kier alpha value is -2.93. The number of rotatable bonds is 9. The molecule has 4 rings (SSSR count). The molecule has 0 unspecified atom stereocenters. The summed E-state index contributed by atoms with van der Waals surface area (Å²) in [5.41, 5.74) is 4.55. The fourth-order valence-electron chi connectivity index (χ4n) is 3.88. The van der Waals surface area contributed by atoms with Crippen LogP contribution in [0.1, 0.15) is 36.3 Å². The number of ether oxygens (including phenoxy) is 1. The zero-order valence-corrected chi connectivity index (χ0v) is 17.8. The van der Waals surface area contributed by atoms with Crippen LogP contribution in [-0.2, 0) is 11.2 Å². The van der Waals surface area contributed by atoms with Crippen molar-refractivity contribution in [1.29, 1.82) is 0 Å². The van der Waals surface area contributed by atoms with Crippen molar-refractivity contribution in [3.63, 3.8) is 0 Å². The zero-order valence-electron chi connectivity index (χ0n) is 17.0. The number of aliphatic carboxylic acids is 1. The van der Waals surface area contributed by atoms with E-state index < -0.39 is 5.97 Å². The van der Waals surface area contributed by atoms with Crippen LogP contribution >= 0.6 is 11.3 Å². The van der Waals surface area contributed by atoms with Crippen LogP contribution in [0.15, 0.2) is 47.4 Å². The van der Waals surface area contributed by atoms with Gasteiger partial charge in [0.15, 0.2) is 0 Å². The number of hydrogen-bond donors (Lipinski definition) is 1. The summed E-state index contributed by atoms with van der Waals surface area (Å²) >= 11 is 1.66. The van der Waals surface area contributed by atoms with Gasteiger partial charge in [0.05, 0.1) is 13.0 Å². The molecule has 0 aliphatic heterocycles. The molecular weight excluding hydrogens is 398 g/mol. The molecule has 2 aromatic heterocycles. The number of carboxylic acid groups (broad SMARTS) is 1. The number of aryl methyl sites for hydroxylation is 1. The number of aromatic nitrogens is 2. The van der Waals surface area contributed by atoms with Gasteiger partial charge >= 0.3 is 5.97 Å². The SMILES string of the molecule is CN(CCCOc1ccc2c(c1)CC[C@H]2CC(=O)O)c1ncc(-c2ccsc2)cn1. The van der Waals surface area contributed by atoms with E-state index in [1.807, 2.05) is 41.9 Å². The Morgan fingerprint density at radius 2 is 2.10 bits per heavy atom. The first-order chi connectivity index (χ1) is 14.6. The van der Waals surface area contributed by atoms with Crippen molar-refractivity contribution in [2.45, 2.75) is 31.6 Å². The van der Waals surface area contributed by atoms with E-state index >= 15 is 0 Å². The lowest BCUT2D eigenvalue weighted by Gasteiger charge is -2.17. The predicted molar refractivity (Wildman–Crippen MR) is 118 cm³/mol. The number of carbonyl (C=O) groups is 1. The number of hydrogen-bond acceptors (Lipinski definition) is 6. The van der Waals surface area contributed by atoms with E-state index in [0.717, 1.165) is 48.2 Å². The van der Waals surface area contributed by atoms with Gasteiger partial charge in [-0.05, 0) is 70.8 Å². The minimum Gasteiger partial charge on any atom is -0.494 e. The Labute approximate surface area is 180 Å². The number of thiophene rings is 1. The molecule has 1 aromatic carbocycles. The highest BCUT2D eigenvalue weighted by Gasteiger charge is 2.24. The Morgan fingerprint density at radius 3 is 2.83 bits per heavy atom. The molecule has 1 aliphatic rings. The summed E-state index contributed by atoms with van der Waals surface area (Å²) in [5.74, 6) is 0.952. The molecule has 0 saturated carbocycles. The van der Waals surface area contributed by atoms with Crippen molar-refractivity contribution >= 4 is 23.3 Å². The smallest absolute Gasteiger partial charge is 0.303 e. The third-order valence-electron chi connectivity index (χ3n) is 5.48. The minimum absolute atomic E-state index is 0.131. The Bertz CT molecular complexity index is 989. The maximum Gasteiger partial charge on any atom is 0.303 e. The molecule has 1 N–H and O–H groups in total. The monoisotopic (exact) mass is 423 g/mol. The summed E-state index contributed by atoms with van der Waals surface area (Å²) in [6, 6.07) is 8.11. The molecule has 6 nitrogen and oxygen atoms in total. The Balaban J connectivity index is 1.25. The second-order valence-electron chi connectivity index (χ2n) is 7.60. The molecule has 0 spiro atoms. The van der Waals surface area contributed by atoms with Crippen LogP contribution in [0.5, 0.6) is 5.75 Å². The molecule has 7 heteroatoms. The van der Waals surface area contributed by atoms with Gasteiger partial charge in [-0.1, -0.05) is 6.07 Å². The van der Waals surface area contributed by atoms with E-state index in [1.165, 1.54) is 5.56 Å². The Morgan fingerprint density at radius 1 is 1.27 bits per heavy atom. The molecule has 0 saturated heterocycles. The van der Waals surface area contributed by atoms with Gasteiger partial charge in [-0.3, -0.25) is 4.79 Å². The summed E-state index contributed by atoms with van der Waals surface area (Å²) in [7, 11) is 1.98. The highest BCUT2D eigenvalue weighted by Crippen LogP contribution is 2.37. The topological polar surface area (TPSA) is 75.5 Å². The molecule has 2 heterocycles. The van der Waals surface area contributed by atoms with Gasteiger partial charge in [0.25, 0.3) is 0 Å². The first-order valence-electron chi connectivity index (χ1n) is 10.1. The van der Waals surface area contributed by atoms with Crippen LogP contribution in [0, 0.1) is 0 Å². The summed E-state index contributed by atoms with van der Waals surface area (Å²) in [6.45, 7) is 1.40. The number of nitrogens with zero attached hydrogens (tertiary/aromatic N) is 3. The quantitative estimate of drug-likeness (QED) is 0.507. The second kappa shape index (κ2) is 9.26. The molecule has 1 atom stereocenters. The predicted octanol–water partition coefficient (Wildman–Crippen LogP) is 4.61. The first-order valence-corrected chi connectivity index (χ1v) is 11.1. The lowest BCUT2D eigenvalue weighted by molar-refractivity contribution is -0.137. The summed E-state index contributed by atoms with van der Waals surface area (Å²) in [4.78, 5) is 22.0. The van der Waals surface area contributed by atoms with Crippen molar-refractivity contribution < 1.29 is 14.6 Å². The largest absolute Gasteiger partial charge is 0.494 e. The highest BCUT2D eigenvalue weighted by molar-refractivity contribution is 7.08. The van der Waals surface area contributed by atoms with Gasteiger partial charge in [-0.15, -0.1) is 0 Å². The van der Waals surface area contributed by atoms with Gasteiger partial charge in [0, 0.05) is 31.5 Å². The average molecular weight is 424 g/mol. The number of benzene rings is 1. The van der Waals surface area contributed by atoms with Gasteiger partial charge in [-0.2, -0.15) is 11.3 Å². The third-order valence-corrected chi connectivity index (χ3v) is 6.16. The molecule has 0 bridgehead atoms. The van der Waals surface area contributed by atoms with Crippen molar-refractivity contribution in [1.82, 2.24) is 9.97 Å². The average Bonchev–Trinajstić information content (AvgIpc) is 3.41. The summed E-state index contributed by atoms with van der Waals surface area (Å²) in [5, 5.41) is 13.2. The molecule has 1 aliphatic carbocycles. The molecule has 156 valence electrons. The van der Waals surface area contributed by atoms with Gasteiger partial charge in [0.2, 0.25) is 5.95 Å². The number of carboxylic acids is 1. The molecule has 0 amide bonds. The number of anilines is 1. The second-order valence-corrected chi connectivity index (χ2v) is 8.38. The Kier molecular flexibility index (Phi) is 6.28. The van der Waals surface area contributed by atoms with Crippen molar-refractivity contribution in [2.75, 3.05) is 25.1 Å². The van der Waals surface area contributed by atoms with E-state index in [9.17, 15) is 4.79 Å². The fraction of sp³-hybridized carbons (Fsp3) is 0.348.